The molecule has 11 heteroatoms. The monoisotopic (exact) mass is 411 g/mol. The van der Waals surface area contributed by atoms with Crippen LogP contribution in [0.5, 0.6) is 0 Å². The molecule has 0 radical (unpaired) electrons. The van der Waals surface area contributed by atoms with E-state index < -0.39 is 12.0 Å². The number of likely N-dealkylation sites (tertiary alicyclic amines) is 1. The summed E-state index contributed by atoms with van der Waals surface area (Å²) >= 11 is 0. The quantitative estimate of drug-likeness (QED) is 0.765. The molecular weight excluding hydrogens is 387 g/mol. The zero-order valence-electron chi connectivity index (χ0n) is 16.3. The van der Waals surface area contributed by atoms with Gasteiger partial charge in [-0.15, -0.1) is 15.3 Å². The van der Waals surface area contributed by atoms with E-state index in [0.29, 0.717) is 44.6 Å². The van der Waals surface area contributed by atoms with Crippen molar-refractivity contribution in [3.63, 3.8) is 0 Å². The van der Waals surface area contributed by atoms with Crippen LogP contribution in [0.15, 0.2) is 12.1 Å². The standard InChI is InChI=1S/C18H24F3N7O/c1-13-4-2-3-7-27(13)16(29)12-25-8-10-26(11-9-25)15-6-5-14-22-23-17(18(19,20)21)28(14)24-15/h5-6,13H,2-4,7-12H2,1H3. The predicted octanol–water partition coefficient (Wildman–Crippen LogP) is 1.67. The van der Waals surface area contributed by atoms with E-state index in [2.05, 4.69) is 27.1 Å². The van der Waals surface area contributed by atoms with Crippen molar-refractivity contribution < 1.29 is 18.0 Å². The molecule has 2 aliphatic rings. The third kappa shape index (κ3) is 4.14. The lowest BCUT2D eigenvalue weighted by Gasteiger charge is -2.38. The van der Waals surface area contributed by atoms with Gasteiger partial charge in [0.15, 0.2) is 5.65 Å². The Morgan fingerprint density at radius 2 is 1.86 bits per heavy atom. The average Bonchev–Trinajstić information content (AvgIpc) is 3.12. The fourth-order valence-corrected chi connectivity index (χ4v) is 4.01. The number of fused-ring (bicyclic) bond motifs is 1. The number of aromatic nitrogens is 4. The number of piperazine rings is 1. The number of alkyl halides is 3. The number of piperidine rings is 1. The molecule has 4 rings (SSSR count). The van der Waals surface area contributed by atoms with Gasteiger partial charge in [-0.25, -0.2) is 0 Å². The number of carbonyl (C=O) groups is 1. The van der Waals surface area contributed by atoms with Gasteiger partial charge in [-0.1, -0.05) is 0 Å². The van der Waals surface area contributed by atoms with Crippen LogP contribution in [0.1, 0.15) is 32.0 Å². The molecule has 4 heterocycles. The van der Waals surface area contributed by atoms with Gasteiger partial charge in [-0.05, 0) is 38.3 Å². The number of anilines is 1. The van der Waals surface area contributed by atoms with Crippen LogP contribution >= 0.6 is 0 Å². The highest BCUT2D eigenvalue weighted by Gasteiger charge is 2.38. The Bertz CT molecular complexity index is 876. The fraction of sp³-hybridized carbons (Fsp3) is 0.667. The topological polar surface area (TPSA) is 69.9 Å². The molecule has 0 aliphatic carbocycles. The Labute approximate surface area is 166 Å². The number of hydrogen-bond acceptors (Lipinski definition) is 6. The van der Waals surface area contributed by atoms with Gasteiger partial charge in [-0.2, -0.15) is 17.7 Å². The van der Waals surface area contributed by atoms with Crippen molar-refractivity contribution in [1.82, 2.24) is 29.6 Å². The predicted molar refractivity (Wildman–Crippen MR) is 99.5 cm³/mol. The molecule has 1 amide bonds. The maximum atomic E-state index is 13.1. The SMILES string of the molecule is CC1CCCCN1C(=O)CN1CCN(c2ccc3nnc(C(F)(F)F)n3n2)CC1. The van der Waals surface area contributed by atoms with Gasteiger partial charge < -0.3 is 9.80 Å². The largest absolute Gasteiger partial charge is 0.453 e. The summed E-state index contributed by atoms with van der Waals surface area (Å²) in [7, 11) is 0. The highest BCUT2D eigenvalue weighted by molar-refractivity contribution is 5.78. The minimum Gasteiger partial charge on any atom is -0.353 e. The van der Waals surface area contributed by atoms with Gasteiger partial charge in [-0.3, -0.25) is 9.69 Å². The van der Waals surface area contributed by atoms with E-state index in [-0.39, 0.29) is 11.6 Å². The summed E-state index contributed by atoms with van der Waals surface area (Å²) in [5, 5.41) is 10.8. The number of halogens is 3. The minimum absolute atomic E-state index is 0.0564. The van der Waals surface area contributed by atoms with Crippen molar-refractivity contribution in [2.75, 3.05) is 44.2 Å². The fourth-order valence-electron chi connectivity index (χ4n) is 4.01. The summed E-state index contributed by atoms with van der Waals surface area (Å²) in [6, 6.07) is 3.43. The first kappa shape index (κ1) is 19.9. The third-order valence-electron chi connectivity index (χ3n) is 5.68. The summed E-state index contributed by atoms with van der Waals surface area (Å²) in [5.41, 5.74) is 0.0564. The summed E-state index contributed by atoms with van der Waals surface area (Å²) < 4.78 is 39.9. The number of carbonyl (C=O) groups excluding carboxylic acids is 1. The lowest BCUT2D eigenvalue weighted by Crippen LogP contribution is -2.52. The molecule has 0 spiro atoms. The van der Waals surface area contributed by atoms with Gasteiger partial charge >= 0.3 is 6.18 Å². The summed E-state index contributed by atoms with van der Waals surface area (Å²) in [6.07, 6.45) is -1.34. The molecule has 2 aromatic rings. The Morgan fingerprint density at radius 3 is 2.55 bits per heavy atom. The normalized spacial score (nSPS) is 21.7. The molecule has 2 saturated heterocycles. The number of nitrogens with zero attached hydrogens (tertiary/aromatic N) is 7. The van der Waals surface area contributed by atoms with Crippen molar-refractivity contribution in [2.45, 2.75) is 38.4 Å². The van der Waals surface area contributed by atoms with Gasteiger partial charge in [0.05, 0.1) is 6.54 Å². The number of hydrogen-bond donors (Lipinski definition) is 0. The maximum Gasteiger partial charge on any atom is 0.453 e. The number of amides is 1. The lowest BCUT2D eigenvalue weighted by molar-refractivity contribution is -0.146. The molecule has 0 bridgehead atoms. The van der Waals surface area contributed by atoms with Gasteiger partial charge in [0.1, 0.15) is 5.82 Å². The second-order valence-corrected chi connectivity index (χ2v) is 7.68. The molecule has 2 aromatic heterocycles. The van der Waals surface area contributed by atoms with Crippen LogP contribution in [0.3, 0.4) is 0 Å². The van der Waals surface area contributed by atoms with E-state index >= 15 is 0 Å². The van der Waals surface area contributed by atoms with E-state index in [1.165, 1.54) is 12.5 Å². The molecule has 158 valence electrons. The van der Waals surface area contributed by atoms with Crippen LogP contribution in [-0.4, -0.2) is 80.8 Å². The Kier molecular flexibility index (Phi) is 5.32. The Morgan fingerprint density at radius 1 is 1.10 bits per heavy atom. The molecule has 2 aliphatic heterocycles. The maximum absolute atomic E-state index is 13.1. The van der Waals surface area contributed by atoms with Gasteiger partial charge in [0, 0.05) is 38.8 Å². The Balaban J connectivity index is 1.39. The van der Waals surface area contributed by atoms with Gasteiger partial charge in [0.25, 0.3) is 5.82 Å². The summed E-state index contributed by atoms with van der Waals surface area (Å²) in [5.74, 6) is -0.530. The van der Waals surface area contributed by atoms with E-state index in [0.717, 1.165) is 23.9 Å². The first-order valence-electron chi connectivity index (χ1n) is 9.89. The molecular formula is C18H24F3N7O. The minimum atomic E-state index is -4.62. The van der Waals surface area contributed by atoms with Crippen molar-refractivity contribution in [1.29, 1.82) is 0 Å². The molecule has 1 atom stereocenters. The van der Waals surface area contributed by atoms with E-state index in [9.17, 15) is 18.0 Å². The lowest BCUT2D eigenvalue weighted by atomic mass is 10.0. The second-order valence-electron chi connectivity index (χ2n) is 7.68. The van der Waals surface area contributed by atoms with Crippen molar-refractivity contribution in [3.05, 3.63) is 18.0 Å². The summed E-state index contributed by atoms with van der Waals surface area (Å²) in [6.45, 7) is 5.79. The summed E-state index contributed by atoms with van der Waals surface area (Å²) in [4.78, 5) is 18.6. The highest BCUT2D eigenvalue weighted by atomic mass is 19.4. The van der Waals surface area contributed by atoms with Crippen LogP contribution in [0.2, 0.25) is 0 Å². The Hall–Kier alpha value is -2.43. The average molecular weight is 411 g/mol. The van der Waals surface area contributed by atoms with Crippen LogP contribution in [0.4, 0.5) is 19.0 Å². The van der Waals surface area contributed by atoms with Crippen LogP contribution < -0.4 is 4.90 Å². The molecule has 0 aromatic carbocycles. The van der Waals surface area contributed by atoms with Crippen molar-refractivity contribution in [2.24, 2.45) is 0 Å². The third-order valence-corrected chi connectivity index (χ3v) is 5.68. The van der Waals surface area contributed by atoms with Crippen molar-refractivity contribution in [3.8, 4) is 0 Å². The second kappa shape index (κ2) is 7.77. The van der Waals surface area contributed by atoms with E-state index in [1.807, 2.05) is 9.80 Å². The van der Waals surface area contributed by atoms with Crippen LogP contribution in [0.25, 0.3) is 5.65 Å². The highest BCUT2D eigenvalue weighted by Crippen LogP contribution is 2.28. The molecule has 29 heavy (non-hydrogen) atoms. The smallest absolute Gasteiger partial charge is 0.353 e. The number of rotatable bonds is 3. The van der Waals surface area contributed by atoms with E-state index in [4.69, 9.17) is 0 Å². The van der Waals surface area contributed by atoms with Gasteiger partial charge in [0.2, 0.25) is 5.91 Å². The van der Waals surface area contributed by atoms with E-state index in [1.54, 1.807) is 6.07 Å². The molecule has 1 unspecified atom stereocenters. The molecule has 0 N–H and O–H groups in total. The zero-order chi connectivity index (χ0) is 20.6. The molecule has 8 nitrogen and oxygen atoms in total. The first-order valence-corrected chi connectivity index (χ1v) is 9.89. The van der Waals surface area contributed by atoms with Crippen molar-refractivity contribution >= 4 is 17.4 Å². The molecule has 0 saturated carbocycles. The zero-order valence-corrected chi connectivity index (χ0v) is 16.3. The molecule has 2 fully saturated rings. The van der Waals surface area contributed by atoms with Crippen LogP contribution in [-0.2, 0) is 11.0 Å². The first-order chi connectivity index (χ1) is 13.8. The van der Waals surface area contributed by atoms with Crippen LogP contribution in [0, 0.1) is 0 Å².